The van der Waals surface area contributed by atoms with E-state index in [0.717, 1.165) is 0 Å². The van der Waals surface area contributed by atoms with E-state index in [1.165, 1.54) is 21.1 Å². The third-order valence-corrected chi connectivity index (χ3v) is 4.96. The van der Waals surface area contributed by atoms with Gasteiger partial charge in [-0.3, -0.25) is 14.4 Å². The molecular formula is C18H20O8. The van der Waals surface area contributed by atoms with Gasteiger partial charge >= 0.3 is 11.9 Å². The normalized spacial score (nSPS) is 30.0. The molecule has 1 aromatic carbocycles. The predicted molar refractivity (Wildman–Crippen MR) is 86.6 cm³/mol. The van der Waals surface area contributed by atoms with E-state index >= 15 is 0 Å². The molecular weight excluding hydrogens is 344 g/mol. The van der Waals surface area contributed by atoms with Crippen molar-refractivity contribution in [3.63, 3.8) is 0 Å². The van der Waals surface area contributed by atoms with Gasteiger partial charge in [0, 0.05) is 12.3 Å². The minimum Gasteiger partial charge on any atom is -0.469 e. The van der Waals surface area contributed by atoms with E-state index in [9.17, 15) is 19.5 Å². The lowest BCUT2D eigenvalue weighted by Gasteiger charge is -2.43. The van der Waals surface area contributed by atoms with Crippen molar-refractivity contribution in [2.24, 2.45) is 11.8 Å². The van der Waals surface area contributed by atoms with Crippen LogP contribution in [0.2, 0.25) is 0 Å². The second kappa shape index (κ2) is 6.60. The van der Waals surface area contributed by atoms with Gasteiger partial charge in [0.1, 0.15) is 5.92 Å². The zero-order valence-corrected chi connectivity index (χ0v) is 14.7. The molecule has 0 amide bonds. The van der Waals surface area contributed by atoms with E-state index < -0.39 is 41.1 Å². The zero-order valence-electron chi connectivity index (χ0n) is 14.7. The van der Waals surface area contributed by atoms with Gasteiger partial charge in [-0.05, 0) is 24.6 Å². The number of rotatable bonds is 3. The minimum atomic E-state index is -1.67. The molecule has 4 atom stereocenters. The van der Waals surface area contributed by atoms with Crippen LogP contribution >= 0.6 is 0 Å². The van der Waals surface area contributed by atoms with Gasteiger partial charge in [-0.1, -0.05) is 6.07 Å². The number of ether oxygens (including phenoxy) is 4. The van der Waals surface area contributed by atoms with Crippen LogP contribution in [-0.2, 0) is 23.9 Å². The molecule has 1 saturated carbocycles. The van der Waals surface area contributed by atoms with E-state index in [2.05, 4.69) is 0 Å². The highest BCUT2D eigenvalue weighted by molar-refractivity contribution is 6.02. The Balaban J connectivity index is 2.15. The smallest absolute Gasteiger partial charge is 0.316 e. The molecule has 3 rings (SSSR count). The number of fused-ring (bicyclic) bond motifs is 1. The first-order chi connectivity index (χ1) is 12.3. The van der Waals surface area contributed by atoms with Crippen molar-refractivity contribution in [1.82, 2.24) is 0 Å². The number of methoxy groups -OCH3 is 2. The third-order valence-electron chi connectivity index (χ3n) is 4.96. The fourth-order valence-electron chi connectivity index (χ4n) is 3.79. The summed E-state index contributed by atoms with van der Waals surface area (Å²) in [7, 11) is 2.37. The molecule has 1 heterocycles. The van der Waals surface area contributed by atoms with Crippen molar-refractivity contribution in [1.29, 1.82) is 0 Å². The van der Waals surface area contributed by atoms with Crippen molar-refractivity contribution in [2.75, 3.05) is 21.0 Å². The Labute approximate surface area is 150 Å². The summed E-state index contributed by atoms with van der Waals surface area (Å²) in [6.07, 6.45) is -0.354. The molecule has 0 saturated heterocycles. The maximum atomic E-state index is 12.6. The van der Waals surface area contributed by atoms with Crippen LogP contribution < -0.4 is 9.47 Å². The maximum absolute atomic E-state index is 12.6. The van der Waals surface area contributed by atoms with Gasteiger partial charge in [-0.25, -0.2) is 0 Å². The van der Waals surface area contributed by atoms with Crippen molar-refractivity contribution in [2.45, 2.75) is 24.9 Å². The van der Waals surface area contributed by atoms with Crippen molar-refractivity contribution in [3.8, 4) is 11.5 Å². The van der Waals surface area contributed by atoms with Crippen molar-refractivity contribution < 1.29 is 38.4 Å². The number of esters is 2. The molecule has 0 aromatic heterocycles. The van der Waals surface area contributed by atoms with Crippen LogP contribution in [0, 0.1) is 11.8 Å². The molecule has 1 fully saturated rings. The molecule has 26 heavy (non-hydrogen) atoms. The highest BCUT2D eigenvalue weighted by Gasteiger charge is 2.57. The predicted octanol–water partition coefficient (Wildman–Crippen LogP) is 0.801. The number of hydrogen-bond donors (Lipinski definition) is 1. The van der Waals surface area contributed by atoms with Gasteiger partial charge < -0.3 is 24.1 Å². The summed E-state index contributed by atoms with van der Waals surface area (Å²) in [5, 5.41) is 10.8. The first kappa shape index (κ1) is 18.2. The fourth-order valence-corrected chi connectivity index (χ4v) is 3.79. The van der Waals surface area contributed by atoms with Crippen molar-refractivity contribution >= 4 is 17.7 Å². The van der Waals surface area contributed by atoms with E-state index in [4.69, 9.17) is 18.9 Å². The summed E-state index contributed by atoms with van der Waals surface area (Å²) in [5.74, 6) is -4.33. The topological polar surface area (TPSA) is 108 Å². The number of Topliss-reactive ketones (excluding diaryl/α,β-unsaturated/α-hetero) is 1. The molecule has 1 N–H and O–H groups in total. The molecule has 3 unspecified atom stereocenters. The van der Waals surface area contributed by atoms with Crippen LogP contribution in [-0.4, -0.2) is 49.4 Å². The Hall–Kier alpha value is -2.61. The number of ketones is 1. The molecule has 0 spiro atoms. The second-order valence-corrected chi connectivity index (χ2v) is 6.64. The third kappa shape index (κ3) is 2.90. The second-order valence-electron chi connectivity index (χ2n) is 6.64. The lowest BCUT2D eigenvalue weighted by molar-refractivity contribution is -0.170. The molecule has 1 aromatic rings. The zero-order chi connectivity index (χ0) is 19.1. The van der Waals surface area contributed by atoms with Crippen LogP contribution in [0.4, 0.5) is 0 Å². The van der Waals surface area contributed by atoms with Gasteiger partial charge in [0.05, 0.1) is 25.7 Å². The molecule has 8 heteroatoms. The largest absolute Gasteiger partial charge is 0.469 e. The molecule has 1 aliphatic carbocycles. The van der Waals surface area contributed by atoms with Crippen molar-refractivity contribution in [3.05, 3.63) is 23.8 Å². The monoisotopic (exact) mass is 364 g/mol. The van der Waals surface area contributed by atoms with Gasteiger partial charge in [0.15, 0.2) is 17.3 Å². The van der Waals surface area contributed by atoms with E-state index in [-0.39, 0.29) is 13.2 Å². The minimum absolute atomic E-state index is 0.0565. The summed E-state index contributed by atoms with van der Waals surface area (Å²) in [4.78, 5) is 37.4. The molecule has 140 valence electrons. The fraction of sp³-hybridized carbons (Fsp3) is 0.500. The molecule has 0 radical (unpaired) electrons. The van der Waals surface area contributed by atoms with Crippen LogP contribution in [0.3, 0.4) is 0 Å². The van der Waals surface area contributed by atoms with Gasteiger partial charge in [-0.2, -0.15) is 0 Å². The molecule has 2 aliphatic rings. The van der Waals surface area contributed by atoms with Gasteiger partial charge in [-0.15, -0.1) is 0 Å². The number of aliphatic hydroxyl groups is 1. The van der Waals surface area contributed by atoms with Crippen LogP contribution in [0.15, 0.2) is 18.2 Å². The Morgan fingerprint density at radius 3 is 2.46 bits per heavy atom. The Morgan fingerprint density at radius 2 is 1.81 bits per heavy atom. The van der Waals surface area contributed by atoms with Gasteiger partial charge in [0.25, 0.3) is 0 Å². The lowest BCUT2D eigenvalue weighted by Crippen LogP contribution is -2.55. The molecule has 1 aliphatic heterocycles. The van der Waals surface area contributed by atoms with Crippen LogP contribution in [0.5, 0.6) is 11.5 Å². The highest BCUT2D eigenvalue weighted by Crippen LogP contribution is 2.48. The Kier molecular flexibility index (Phi) is 4.62. The summed E-state index contributed by atoms with van der Waals surface area (Å²) in [6.45, 7) is 1.45. The summed E-state index contributed by atoms with van der Waals surface area (Å²) < 4.78 is 20.3. The highest BCUT2D eigenvalue weighted by atomic mass is 16.7. The van der Waals surface area contributed by atoms with Crippen LogP contribution in [0.1, 0.15) is 24.8 Å². The van der Waals surface area contributed by atoms with Gasteiger partial charge in [0.2, 0.25) is 6.79 Å². The quantitative estimate of drug-likeness (QED) is 0.620. The van der Waals surface area contributed by atoms with E-state index in [1.54, 1.807) is 18.2 Å². The molecule has 0 bridgehead atoms. The summed E-state index contributed by atoms with van der Waals surface area (Å²) in [6, 6.07) is 4.88. The maximum Gasteiger partial charge on any atom is 0.316 e. The summed E-state index contributed by atoms with van der Waals surface area (Å²) in [5.41, 5.74) is -1.19. The first-order valence-electron chi connectivity index (χ1n) is 8.10. The Bertz CT molecular complexity index is 754. The van der Waals surface area contributed by atoms with E-state index in [0.29, 0.717) is 17.1 Å². The standard InChI is InChI=1S/C18H20O8/c1-18(22)7-10(19)14(16(20)23-2)13(15(18)17(21)24-3)9-4-5-11-12(6-9)26-8-25-11/h4-6,13-15,22H,7-8H2,1-3H3/t13?,14?,15?,18-/m1/s1. The van der Waals surface area contributed by atoms with E-state index in [1.807, 2.05) is 0 Å². The number of carbonyl (C=O) groups excluding carboxylic acids is 3. The SMILES string of the molecule is COC(=O)C1C(=O)C[C@@](C)(O)C(C(=O)OC)C1c1ccc2c(c1)OCO2. The first-order valence-corrected chi connectivity index (χ1v) is 8.10. The van der Waals surface area contributed by atoms with Crippen LogP contribution in [0.25, 0.3) is 0 Å². The lowest BCUT2D eigenvalue weighted by atomic mass is 9.61. The Morgan fingerprint density at radius 1 is 1.15 bits per heavy atom. The number of benzene rings is 1. The number of hydrogen-bond acceptors (Lipinski definition) is 8. The average Bonchev–Trinajstić information content (AvgIpc) is 3.06. The average molecular weight is 364 g/mol. The molecule has 8 nitrogen and oxygen atoms in total. The summed E-state index contributed by atoms with van der Waals surface area (Å²) >= 11 is 0. The number of carbonyl (C=O) groups is 3.